The van der Waals surface area contributed by atoms with Gasteiger partial charge in [-0.05, 0) is 30.4 Å². The number of nitrogens with zero attached hydrogens (tertiary/aromatic N) is 1. The van der Waals surface area contributed by atoms with Gasteiger partial charge in [-0.25, -0.2) is 4.79 Å². The second-order valence-corrected chi connectivity index (χ2v) is 6.46. The van der Waals surface area contributed by atoms with Gasteiger partial charge in [0.2, 0.25) is 0 Å². The first-order valence-electron chi connectivity index (χ1n) is 8.96. The summed E-state index contributed by atoms with van der Waals surface area (Å²) in [5, 5.41) is 3.26. The second-order valence-electron chi connectivity index (χ2n) is 6.46. The van der Waals surface area contributed by atoms with Crippen molar-refractivity contribution in [1.29, 1.82) is 0 Å². The zero-order valence-electron chi connectivity index (χ0n) is 14.3. The monoisotopic (exact) mass is 322 g/mol. The minimum absolute atomic E-state index is 0.0589. The van der Waals surface area contributed by atoms with Crippen molar-refractivity contribution in [2.24, 2.45) is 0 Å². The highest BCUT2D eigenvalue weighted by Crippen LogP contribution is 2.32. The van der Waals surface area contributed by atoms with Gasteiger partial charge in [0, 0.05) is 6.54 Å². The molecule has 0 aromatic heterocycles. The zero-order chi connectivity index (χ0) is 16.8. The summed E-state index contributed by atoms with van der Waals surface area (Å²) in [7, 11) is 0. The van der Waals surface area contributed by atoms with Crippen LogP contribution >= 0.6 is 0 Å². The quantitative estimate of drug-likeness (QED) is 0.818. The van der Waals surface area contributed by atoms with Gasteiger partial charge in [0.15, 0.2) is 0 Å². The molecular weight excluding hydrogens is 296 g/mol. The van der Waals surface area contributed by atoms with Crippen LogP contribution in [-0.4, -0.2) is 17.5 Å². The lowest BCUT2D eigenvalue weighted by atomic mass is 10.0. The molecule has 0 bridgehead atoms. The first kappa shape index (κ1) is 16.6. The van der Waals surface area contributed by atoms with Gasteiger partial charge < -0.3 is 10.2 Å². The highest BCUT2D eigenvalue weighted by atomic mass is 16.2. The van der Waals surface area contributed by atoms with E-state index in [0.717, 1.165) is 32.2 Å². The molecule has 1 N–H and O–H groups in total. The van der Waals surface area contributed by atoms with Crippen LogP contribution in [0.15, 0.2) is 60.7 Å². The fourth-order valence-corrected chi connectivity index (χ4v) is 3.56. The zero-order valence-corrected chi connectivity index (χ0v) is 14.3. The Kier molecular flexibility index (Phi) is 5.52. The third kappa shape index (κ3) is 3.78. The minimum atomic E-state index is 0.0589. The summed E-state index contributed by atoms with van der Waals surface area (Å²) in [5.74, 6) is 0. The molecule has 2 amide bonds. The maximum atomic E-state index is 12.9. The predicted octanol–water partition coefficient (Wildman–Crippen LogP) is 5.07. The summed E-state index contributed by atoms with van der Waals surface area (Å²) in [6.07, 6.45) is 4.11. The fraction of sp³-hybridized carbons (Fsp3) is 0.381. The number of hydrogen-bond acceptors (Lipinski definition) is 1. The number of hydrogen-bond donors (Lipinski definition) is 1. The Morgan fingerprint density at radius 1 is 1.12 bits per heavy atom. The first-order chi connectivity index (χ1) is 11.8. The molecule has 0 spiro atoms. The molecule has 24 heavy (non-hydrogen) atoms. The first-order valence-corrected chi connectivity index (χ1v) is 8.96. The number of carbonyl (C=O) groups excluding carboxylic acids is 1. The van der Waals surface area contributed by atoms with Crippen molar-refractivity contribution >= 4 is 6.03 Å². The molecule has 3 nitrogen and oxygen atoms in total. The van der Waals surface area contributed by atoms with E-state index in [-0.39, 0.29) is 18.1 Å². The van der Waals surface area contributed by atoms with E-state index >= 15 is 0 Å². The Balaban J connectivity index is 1.72. The summed E-state index contributed by atoms with van der Waals surface area (Å²) >= 11 is 0. The standard InChI is InChI=1S/C21H26N2O/c1-2-10-19(17-11-5-3-6-12-17)22-21(24)23-16-9-15-20(23)18-13-7-4-8-14-18/h3-8,11-14,19-20H,2,9-10,15-16H2,1H3,(H,22,24). The molecule has 1 aliphatic heterocycles. The maximum absolute atomic E-state index is 12.9. The Morgan fingerprint density at radius 2 is 1.79 bits per heavy atom. The van der Waals surface area contributed by atoms with E-state index in [1.807, 2.05) is 41.3 Å². The van der Waals surface area contributed by atoms with Crippen LogP contribution in [0.4, 0.5) is 4.79 Å². The van der Waals surface area contributed by atoms with E-state index in [9.17, 15) is 4.79 Å². The molecule has 1 saturated heterocycles. The van der Waals surface area contributed by atoms with Gasteiger partial charge in [0.25, 0.3) is 0 Å². The molecule has 1 heterocycles. The molecule has 0 aliphatic carbocycles. The Hall–Kier alpha value is -2.29. The molecule has 2 atom stereocenters. The molecule has 3 heteroatoms. The summed E-state index contributed by atoms with van der Waals surface area (Å²) in [6, 6.07) is 21.0. The SMILES string of the molecule is CCCC(NC(=O)N1CCCC1c1ccccc1)c1ccccc1. The van der Waals surface area contributed by atoms with Crippen LogP contribution in [0.5, 0.6) is 0 Å². The molecule has 2 unspecified atom stereocenters. The Bertz CT molecular complexity index is 641. The van der Waals surface area contributed by atoms with Crippen molar-refractivity contribution in [2.45, 2.75) is 44.7 Å². The number of carbonyl (C=O) groups is 1. The summed E-state index contributed by atoms with van der Waals surface area (Å²) in [6.45, 7) is 2.99. The summed E-state index contributed by atoms with van der Waals surface area (Å²) in [4.78, 5) is 14.9. The average Bonchev–Trinajstić information content (AvgIpc) is 3.13. The number of nitrogens with one attached hydrogen (secondary N) is 1. The number of urea groups is 1. The molecule has 0 saturated carbocycles. The molecule has 2 aromatic rings. The molecule has 0 radical (unpaired) electrons. The maximum Gasteiger partial charge on any atom is 0.318 e. The van der Waals surface area contributed by atoms with Gasteiger partial charge in [-0.2, -0.15) is 0 Å². The van der Waals surface area contributed by atoms with Crippen LogP contribution in [-0.2, 0) is 0 Å². The molecule has 3 rings (SSSR count). The number of benzene rings is 2. The van der Waals surface area contributed by atoms with Crippen LogP contribution in [0.1, 0.15) is 55.8 Å². The third-order valence-electron chi connectivity index (χ3n) is 4.78. The second kappa shape index (κ2) is 8.00. The average molecular weight is 322 g/mol. The van der Waals surface area contributed by atoms with E-state index in [1.165, 1.54) is 11.1 Å². The van der Waals surface area contributed by atoms with Crippen molar-refractivity contribution in [3.05, 3.63) is 71.8 Å². The highest BCUT2D eigenvalue weighted by Gasteiger charge is 2.30. The number of likely N-dealkylation sites (tertiary alicyclic amines) is 1. The minimum Gasteiger partial charge on any atom is -0.331 e. The van der Waals surface area contributed by atoms with Gasteiger partial charge in [0.1, 0.15) is 0 Å². The Labute approximate surface area is 144 Å². The molecule has 1 fully saturated rings. The molecular formula is C21H26N2O. The predicted molar refractivity (Wildman–Crippen MR) is 97.7 cm³/mol. The van der Waals surface area contributed by atoms with E-state index in [2.05, 4.69) is 36.5 Å². The van der Waals surface area contributed by atoms with Crippen molar-refractivity contribution in [2.75, 3.05) is 6.54 Å². The van der Waals surface area contributed by atoms with Crippen LogP contribution < -0.4 is 5.32 Å². The van der Waals surface area contributed by atoms with Gasteiger partial charge in [-0.15, -0.1) is 0 Å². The van der Waals surface area contributed by atoms with Crippen molar-refractivity contribution in [3.8, 4) is 0 Å². The summed E-state index contributed by atoms with van der Waals surface area (Å²) < 4.78 is 0. The normalized spacial score (nSPS) is 18.4. The van der Waals surface area contributed by atoms with Gasteiger partial charge in [-0.3, -0.25) is 0 Å². The highest BCUT2D eigenvalue weighted by molar-refractivity contribution is 5.75. The molecule has 1 aliphatic rings. The van der Waals surface area contributed by atoms with Crippen molar-refractivity contribution < 1.29 is 4.79 Å². The lowest BCUT2D eigenvalue weighted by Gasteiger charge is -2.28. The van der Waals surface area contributed by atoms with Gasteiger partial charge in [0.05, 0.1) is 12.1 Å². The van der Waals surface area contributed by atoms with Crippen LogP contribution in [0, 0.1) is 0 Å². The molecule has 2 aromatic carbocycles. The van der Waals surface area contributed by atoms with Crippen molar-refractivity contribution in [3.63, 3.8) is 0 Å². The van der Waals surface area contributed by atoms with E-state index < -0.39 is 0 Å². The van der Waals surface area contributed by atoms with Crippen LogP contribution in [0.25, 0.3) is 0 Å². The fourth-order valence-electron chi connectivity index (χ4n) is 3.56. The van der Waals surface area contributed by atoms with Gasteiger partial charge in [-0.1, -0.05) is 74.0 Å². The van der Waals surface area contributed by atoms with E-state index in [0.29, 0.717) is 0 Å². The van der Waals surface area contributed by atoms with E-state index in [4.69, 9.17) is 0 Å². The smallest absolute Gasteiger partial charge is 0.318 e. The molecule has 126 valence electrons. The third-order valence-corrected chi connectivity index (χ3v) is 4.78. The number of amides is 2. The Morgan fingerprint density at radius 3 is 2.46 bits per heavy atom. The van der Waals surface area contributed by atoms with Gasteiger partial charge >= 0.3 is 6.03 Å². The lowest BCUT2D eigenvalue weighted by Crippen LogP contribution is -2.41. The van der Waals surface area contributed by atoms with Crippen LogP contribution in [0.3, 0.4) is 0 Å². The van der Waals surface area contributed by atoms with E-state index in [1.54, 1.807) is 0 Å². The lowest BCUT2D eigenvalue weighted by molar-refractivity contribution is 0.188. The topological polar surface area (TPSA) is 32.3 Å². The summed E-state index contributed by atoms with van der Waals surface area (Å²) in [5.41, 5.74) is 2.42. The van der Waals surface area contributed by atoms with Crippen LogP contribution in [0.2, 0.25) is 0 Å². The largest absolute Gasteiger partial charge is 0.331 e. The van der Waals surface area contributed by atoms with Crippen molar-refractivity contribution in [1.82, 2.24) is 10.2 Å². The number of rotatable bonds is 5.